The Kier molecular flexibility index (Phi) is 9.65. The van der Waals surface area contributed by atoms with Gasteiger partial charge < -0.3 is 19.5 Å². The summed E-state index contributed by atoms with van der Waals surface area (Å²) in [5, 5.41) is 2.53. The highest BCUT2D eigenvalue weighted by Crippen LogP contribution is 2.15. The molecule has 1 aromatic carbocycles. The fraction of sp³-hybridized carbons (Fsp3) is 0.591. The Bertz CT molecular complexity index is 666. The molecule has 1 N–H and O–H groups in total. The quantitative estimate of drug-likeness (QED) is 0.492. The van der Waals surface area contributed by atoms with Gasteiger partial charge in [0.05, 0.1) is 0 Å². The van der Waals surface area contributed by atoms with Crippen LogP contribution >= 0.6 is 0 Å². The van der Waals surface area contributed by atoms with Gasteiger partial charge in [-0.15, -0.1) is 0 Å². The zero-order valence-corrected chi connectivity index (χ0v) is 18.2. The van der Waals surface area contributed by atoms with Crippen molar-refractivity contribution in [1.82, 2.24) is 5.32 Å². The molecule has 0 aromatic heterocycles. The summed E-state index contributed by atoms with van der Waals surface area (Å²) >= 11 is 0. The molecule has 7 heteroatoms. The summed E-state index contributed by atoms with van der Waals surface area (Å²) in [6.07, 6.45) is -0.774. The highest BCUT2D eigenvalue weighted by atomic mass is 16.6. The molecule has 0 aliphatic rings. The summed E-state index contributed by atoms with van der Waals surface area (Å²) in [7, 11) is 0. The van der Waals surface area contributed by atoms with Gasteiger partial charge >= 0.3 is 18.0 Å². The number of alkyl carbamates (subject to hydrolysis) is 1. The van der Waals surface area contributed by atoms with Crippen molar-refractivity contribution in [3.63, 3.8) is 0 Å². The topological polar surface area (TPSA) is 90.9 Å². The molecule has 7 nitrogen and oxygen atoms in total. The monoisotopic (exact) mass is 407 g/mol. The lowest BCUT2D eigenvalue weighted by Gasteiger charge is -2.26. The maximum absolute atomic E-state index is 12.6. The summed E-state index contributed by atoms with van der Waals surface area (Å²) in [4.78, 5) is 37.1. The molecule has 0 saturated heterocycles. The molecule has 0 aliphatic heterocycles. The van der Waals surface area contributed by atoms with Crippen molar-refractivity contribution in [2.24, 2.45) is 5.92 Å². The average molecular weight is 408 g/mol. The number of amides is 1. The molecule has 2 atom stereocenters. The Hall–Kier alpha value is -2.57. The number of rotatable bonds is 9. The van der Waals surface area contributed by atoms with E-state index >= 15 is 0 Å². The largest absolute Gasteiger partial charge is 0.457 e. The van der Waals surface area contributed by atoms with Gasteiger partial charge in [-0.25, -0.2) is 14.4 Å². The first-order valence-corrected chi connectivity index (χ1v) is 9.94. The first-order chi connectivity index (χ1) is 13.5. The van der Waals surface area contributed by atoms with Gasteiger partial charge in [0, 0.05) is 0 Å². The average Bonchev–Trinajstić information content (AvgIpc) is 2.63. The van der Waals surface area contributed by atoms with Crippen LogP contribution in [0.3, 0.4) is 0 Å². The lowest BCUT2D eigenvalue weighted by atomic mass is 10.0. The van der Waals surface area contributed by atoms with Gasteiger partial charge in [0.2, 0.25) is 0 Å². The molecule has 1 rings (SSSR count). The van der Waals surface area contributed by atoms with Crippen LogP contribution in [0.15, 0.2) is 30.3 Å². The van der Waals surface area contributed by atoms with E-state index in [1.807, 2.05) is 37.3 Å². The summed E-state index contributed by atoms with van der Waals surface area (Å²) in [6, 6.07) is 8.27. The molecular formula is C22H33NO6. The summed E-state index contributed by atoms with van der Waals surface area (Å²) in [5.74, 6) is -1.55. The third-order valence-electron chi connectivity index (χ3n) is 3.89. The Morgan fingerprint density at radius 2 is 1.66 bits per heavy atom. The van der Waals surface area contributed by atoms with Crippen LogP contribution in [0.4, 0.5) is 4.79 Å². The molecule has 0 heterocycles. The van der Waals surface area contributed by atoms with E-state index in [1.165, 1.54) is 0 Å². The SMILES string of the molecule is CCCC(OC(=O)[C@@H](NC(=O)OCc1ccccc1)C(C)C)C(=O)OC(C)(C)C. The molecule has 0 radical (unpaired) electrons. The van der Waals surface area contributed by atoms with Crippen LogP contribution in [-0.2, 0) is 30.4 Å². The van der Waals surface area contributed by atoms with Gasteiger partial charge in [-0.3, -0.25) is 0 Å². The van der Waals surface area contributed by atoms with Gasteiger partial charge in [0.25, 0.3) is 0 Å². The molecule has 162 valence electrons. The Labute approximate surface area is 173 Å². The predicted molar refractivity (Wildman–Crippen MR) is 109 cm³/mol. The van der Waals surface area contributed by atoms with E-state index in [2.05, 4.69) is 5.32 Å². The van der Waals surface area contributed by atoms with E-state index in [0.29, 0.717) is 12.8 Å². The number of hydrogen-bond acceptors (Lipinski definition) is 6. The predicted octanol–water partition coefficient (Wildman–Crippen LogP) is 3.99. The Morgan fingerprint density at radius 3 is 2.17 bits per heavy atom. The minimum Gasteiger partial charge on any atom is -0.457 e. The zero-order chi connectivity index (χ0) is 22.0. The van der Waals surface area contributed by atoms with Crippen molar-refractivity contribution in [1.29, 1.82) is 0 Å². The van der Waals surface area contributed by atoms with E-state index in [1.54, 1.807) is 34.6 Å². The molecule has 1 aromatic rings. The van der Waals surface area contributed by atoms with Crippen LogP contribution in [0, 0.1) is 5.92 Å². The molecule has 1 amide bonds. The lowest BCUT2D eigenvalue weighted by Crippen LogP contribution is -2.47. The highest BCUT2D eigenvalue weighted by molar-refractivity contribution is 5.84. The fourth-order valence-electron chi connectivity index (χ4n) is 2.46. The fourth-order valence-corrected chi connectivity index (χ4v) is 2.46. The normalized spacial score (nSPS) is 13.3. The van der Waals surface area contributed by atoms with Crippen molar-refractivity contribution >= 4 is 18.0 Å². The molecule has 0 bridgehead atoms. The molecule has 0 spiro atoms. The van der Waals surface area contributed by atoms with E-state index in [-0.39, 0.29) is 12.5 Å². The number of hydrogen-bond donors (Lipinski definition) is 1. The summed E-state index contributed by atoms with van der Waals surface area (Å²) in [5.41, 5.74) is 0.145. The number of benzene rings is 1. The minimum atomic E-state index is -1.02. The smallest absolute Gasteiger partial charge is 0.408 e. The lowest BCUT2D eigenvalue weighted by molar-refractivity contribution is -0.177. The maximum Gasteiger partial charge on any atom is 0.408 e. The van der Waals surface area contributed by atoms with Crippen molar-refractivity contribution < 1.29 is 28.6 Å². The number of ether oxygens (including phenoxy) is 3. The van der Waals surface area contributed by atoms with E-state index in [9.17, 15) is 14.4 Å². The zero-order valence-electron chi connectivity index (χ0n) is 18.2. The third kappa shape index (κ3) is 9.45. The van der Waals surface area contributed by atoms with Crippen LogP contribution in [0.5, 0.6) is 0 Å². The Morgan fingerprint density at radius 1 is 1.03 bits per heavy atom. The molecule has 0 fully saturated rings. The number of esters is 2. The molecule has 1 unspecified atom stereocenters. The van der Waals surface area contributed by atoms with Crippen LogP contribution in [0.25, 0.3) is 0 Å². The van der Waals surface area contributed by atoms with Crippen LogP contribution < -0.4 is 5.32 Å². The second-order valence-corrected chi connectivity index (χ2v) is 8.18. The van der Waals surface area contributed by atoms with Gasteiger partial charge in [0.15, 0.2) is 6.10 Å². The molecular weight excluding hydrogens is 374 g/mol. The third-order valence-corrected chi connectivity index (χ3v) is 3.89. The molecule has 0 saturated carbocycles. The first-order valence-electron chi connectivity index (χ1n) is 9.94. The second-order valence-electron chi connectivity index (χ2n) is 8.18. The van der Waals surface area contributed by atoms with Crippen LogP contribution in [0.1, 0.15) is 59.9 Å². The van der Waals surface area contributed by atoms with Gasteiger partial charge in [0.1, 0.15) is 18.2 Å². The summed E-state index contributed by atoms with van der Waals surface area (Å²) in [6.45, 7) is 10.7. The number of nitrogens with one attached hydrogen (secondary N) is 1. The standard InChI is InChI=1S/C22H33NO6/c1-7-11-17(19(24)29-22(4,5)6)28-20(25)18(15(2)3)23-21(26)27-14-16-12-9-8-10-13-16/h8-10,12-13,15,17-18H,7,11,14H2,1-6H3,(H,23,26)/t17?,18-/m0/s1. The minimum absolute atomic E-state index is 0.0862. The van der Waals surface area contributed by atoms with E-state index in [4.69, 9.17) is 14.2 Å². The van der Waals surface area contributed by atoms with Crippen molar-refractivity contribution in [2.75, 3.05) is 0 Å². The van der Waals surface area contributed by atoms with Gasteiger partial charge in [-0.2, -0.15) is 0 Å². The van der Waals surface area contributed by atoms with Crippen molar-refractivity contribution in [3.05, 3.63) is 35.9 Å². The van der Waals surface area contributed by atoms with Crippen LogP contribution in [-0.4, -0.2) is 35.8 Å². The number of carbonyl (C=O) groups is 3. The van der Waals surface area contributed by atoms with Gasteiger partial charge in [-0.05, 0) is 38.7 Å². The maximum atomic E-state index is 12.6. The molecule has 0 aliphatic carbocycles. The molecule has 29 heavy (non-hydrogen) atoms. The second kappa shape index (κ2) is 11.4. The van der Waals surface area contributed by atoms with Gasteiger partial charge in [-0.1, -0.05) is 57.5 Å². The van der Waals surface area contributed by atoms with Crippen molar-refractivity contribution in [3.8, 4) is 0 Å². The highest BCUT2D eigenvalue weighted by Gasteiger charge is 2.33. The van der Waals surface area contributed by atoms with E-state index in [0.717, 1.165) is 5.56 Å². The van der Waals surface area contributed by atoms with E-state index < -0.39 is 35.8 Å². The summed E-state index contributed by atoms with van der Waals surface area (Å²) < 4.78 is 15.9. The number of carbonyl (C=O) groups excluding carboxylic acids is 3. The van der Waals surface area contributed by atoms with Crippen molar-refractivity contribution in [2.45, 2.75) is 78.7 Å². The Balaban J connectivity index is 2.71. The van der Waals surface area contributed by atoms with Crippen LogP contribution in [0.2, 0.25) is 0 Å². The first kappa shape index (κ1) is 24.5.